The SMILES string of the molecule is O=C(O)c1ccc(NN=Cc2c(F)cccc2Cl)cc1. The Hall–Kier alpha value is -2.40. The van der Waals surface area contributed by atoms with Crippen LogP contribution in [0.5, 0.6) is 0 Å². The van der Waals surface area contributed by atoms with Gasteiger partial charge in [-0.05, 0) is 36.4 Å². The minimum Gasteiger partial charge on any atom is -0.478 e. The van der Waals surface area contributed by atoms with Crippen LogP contribution < -0.4 is 5.43 Å². The fourth-order valence-corrected chi connectivity index (χ4v) is 1.70. The Kier molecular flexibility index (Phi) is 4.32. The maximum absolute atomic E-state index is 13.4. The van der Waals surface area contributed by atoms with Gasteiger partial charge in [-0.25, -0.2) is 9.18 Å². The lowest BCUT2D eigenvalue weighted by atomic mass is 10.2. The van der Waals surface area contributed by atoms with Gasteiger partial charge in [0.15, 0.2) is 0 Å². The molecule has 0 aliphatic rings. The minimum atomic E-state index is -1.00. The normalized spacial score (nSPS) is 10.7. The van der Waals surface area contributed by atoms with E-state index in [9.17, 15) is 9.18 Å². The van der Waals surface area contributed by atoms with Crippen LogP contribution in [0.15, 0.2) is 47.6 Å². The standard InChI is InChI=1S/C14H10ClFN2O2/c15-12-2-1-3-13(16)11(12)8-17-18-10-6-4-9(5-7-10)14(19)20/h1-8,18H,(H,19,20). The van der Waals surface area contributed by atoms with E-state index in [0.717, 1.165) is 0 Å². The molecule has 0 spiro atoms. The third-order valence-electron chi connectivity index (χ3n) is 2.52. The molecule has 0 amide bonds. The van der Waals surface area contributed by atoms with Crippen LogP contribution in [0.4, 0.5) is 10.1 Å². The maximum Gasteiger partial charge on any atom is 0.335 e. The molecule has 0 aromatic heterocycles. The number of benzene rings is 2. The molecule has 4 nitrogen and oxygen atoms in total. The summed E-state index contributed by atoms with van der Waals surface area (Å²) in [5.41, 5.74) is 3.61. The topological polar surface area (TPSA) is 61.7 Å². The number of rotatable bonds is 4. The molecule has 0 heterocycles. The molecule has 102 valence electrons. The van der Waals surface area contributed by atoms with Gasteiger partial charge in [0.25, 0.3) is 0 Å². The Morgan fingerprint density at radius 1 is 1.25 bits per heavy atom. The van der Waals surface area contributed by atoms with Crippen molar-refractivity contribution in [3.8, 4) is 0 Å². The van der Waals surface area contributed by atoms with Crippen molar-refractivity contribution in [3.05, 3.63) is 64.4 Å². The van der Waals surface area contributed by atoms with Crippen molar-refractivity contribution in [2.24, 2.45) is 5.10 Å². The first-order valence-corrected chi connectivity index (χ1v) is 6.02. The number of anilines is 1. The molecule has 0 aliphatic heterocycles. The highest BCUT2D eigenvalue weighted by molar-refractivity contribution is 6.33. The number of carboxylic acid groups (broad SMARTS) is 1. The first-order valence-electron chi connectivity index (χ1n) is 5.64. The fourth-order valence-electron chi connectivity index (χ4n) is 1.49. The van der Waals surface area contributed by atoms with Crippen LogP contribution in [-0.4, -0.2) is 17.3 Å². The minimum absolute atomic E-state index is 0.177. The molecule has 0 saturated carbocycles. The van der Waals surface area contributed by atoms with Crippen LogP contribution in [-0.2, 0) is 0 Å². The van der Waals surface area contributed by atoms with Crippen LogP contribution >= 0.6 is 11.6 Å². The van der Waals surface area contributed by atoms with Gasteiger partial charge in [-0.15, -0.1) is 0 Å². The van der Waals surface area contributed by atoms with E-state index >= 15 is 0 Å². The number of hydrogen-bond acceptors (Lipinski definition) is 3. The molecule has 2 aromatic rings. The second kappa shape index (κ2) is 6.16. The lowest BCUT2D eigenvalue weighted by Gasteiger charge is -2.02. The summed E-state index contributed by atoms with van der Waals surface area (Å²) in [4.78, 5) is 10.7. The number of halogens is 2. The molecule has 0 bridgehead atoms. The molecule has 2 N–H and O–H groups in total. The number of aromatic carboxylic acids is 1. The van der Waals surface area contributed by atoms with Gasteiger partial charge < -0.3 is 5.11 Å². The molecular weight excluding hydrogens is 283 g/mol. The maximum atomic E-state index is 13.4. The molecular formula is C14H10ClFN2O2. The van der Waals surface area contributed by atoms with E-state index in [4.69, 9.17) is 16.7 Å². The third kappa shape index (κ3) is 3.33. The average molecular weight is 293 g/mol. The second-order valence-corrected chi connectivity index (χ2v) is 4.30. The quantitative estimate of drug-likeness (QED) is 0.668. The average Bonchev–Trinajstić information content (AvgIpc) is 2.42. The first-order chi connectivity index (χ1) is 9.58. The Labute approximate surface area is 119 Å². The van der Waals surface area contributed by atoms with E-state index in [1.807, 2.05) is 0 Å². The number of nitrogens with zero attached hydrogens (tertiary/aromatic N) is 1. The van der Waals surface area contributed by atoms with E-state index in [0.29, 0.717) is 5.69 Å². The molecule has 2 aromatic carbocycles. The lowest BCUT2D eigenvalue weighted by molar-refractivity contribution is 0.0697. The number of hydrogen-bond donors (Lipinski definition) is 2. The van der Waals surface area contributed by atoms with Crippen LogP contribution in [0.25, 0.3) is 0 Å². The van der Waals surface area contributed by atoms with Crippen molar-refractivity contribution < 1.29 is 14.3 Å². The van der Waals surface area contributed by atoms with E-state index in [1.54, 1.807) is 18.2 Å². The summed E-state index contributed by atoms with van der Waals surface area (Å²) in [5, 5.41) is 12.9. The highest BCUT2D eigenvalue weighted by atomic mass is 35.5. The molecule has 0 fully saturated rings. The summed E-state index contributed by atoms with van der Waals surface area (Å²) in [6.45, 7) is 0. The van der Waals surface area contributed by atoms with E-state index in [2.05, 4.69) is 10.5 Å². The monoisotopic (exact) mass is 292 g/mol. The van der Waals surface area contributed by atoms with Gasteiger partial charge in [-0.3, -0.25) is 5.43 Å². The largest absolute Gasteiger partial charge is 0.478 e. The molecule has 0 atom stereocenters. The molecule has 0 radical (unpaired) electrons. The Balaban J connectivity index is 2.08. The van der Waals surface area contributed by atoms with Crippen LogP contribution in [0.1, 0.15) is 15.9 Å². The van der Waals surface area contributed by atoms with Crippen molar-refractivity contribution in [1.82, 2.24) is 0 Å². The number of carbonyl (C=O) groups is 1. The molecule has 0 saturated heterocycles. The van der Waals surface area contributed by atoms with Gasteiger partial charge >= 0.3 is 5.97 Å². The number of hydrazone groups is 1. The Morgan fingerprint density at radius 2 is 1.95 bits per heavy atom. The molecule has 6 heteroatoms. The second-order valence-electron chi connectivity index (χ2n) is 3.89. The summed E-state index contributed by atoms with van der Waals surface area (Å²) < 4.78 is 13.4. The highest BCUT2D eigenvalue weighted by Crippen LogP contribution is 2.17. The molecule has 20 heavy (non-hydrogen) atoms. The van der Waals surface area contributed by atoms with Crippen LogP contribution in [0.2, 0.25) is 5.02 Å². The summed E-state index contributed by atoms with van der Waals surface area (Å²) >= 11 is 5.84. The zero-order valence-electron chi connectivity index (χ0n) is 10.2. The predicted molar refractivity (Wildman–Crippen MR) is 76.0 cm³/mol. The summed E-state index contributed by atoms with van der Waals surface area (Å²) in [7, 11) is 0. The lowest BCUT2D eigenvalue weighted by Crippen LogP contribution is -1.97. The number of nitrogens with one attached hydrogen (secondary N) is 1. The Bertz CT molecular complexity index is 636. The van der Waals surface area contributed by atoms with Gasteiger partial charge in [0.2, 0.25) is 0 Å². The van der Waals surface area contributed by atoms with E-state index in [-0.39, 0.29) is 16.1 Å². The molecule has 2 rings (SSSR count). The van der Waals surface area contributed by atoms with Gasteiger partial charge in [-0.1, -0.05) is 17.7 Å². The number of carboxylic acids is 1. The highest BCUT2D eigenvalue weighted by Gasteiger charge is 2.03. The zero-order valence-corrected chi connectivity index (χ0v) is 10.9. The van der Waals surface area contributed by atoms with Crippen molar-refractivity contribution in [2.45, 2.75) is 0 Å². The summed E-state index contributed by atoms with van der Waals surface area (Å²) in [6, 6.07) is 10.4. The van der Waals surface area contributed by atoms with E-state index < -0.39 is 11.8 Å². The van der Waals surface area contributed by atoms with Crippen molar-refractivity contribution >= 4 is 29.5 Å². The Morgan fingerprint density at radius 3 is 2.55 bits per heavy atom. The third-order valence-corrected chi connectivity index (χ3v) is 2.85. The molecule has 0 unspecified atom stereocenters. The van der Waals surface area contributed by atoms with Gasteiger partial charge in [0.05, 0.1) is 22.5 Å². The predicted octanol–water partition coefficient (Wildman–Crippen LogP) is 3.62. The van der Waals surface area contributed by atoms with Crippen LogP contribution in [0, 0.1) is 5.82 Å². The van der Waals surface area contributed by atoms with Crippen molar-refractivity contribution in [2.75, 3.05) is 5.43 Å². The van der Waals surface area contributed by atoms with Gasteiger partial charge in [-0.2, -0.15) is 5.10 Å². The summed E-state index contributed by atoms with van der Waals surface area (Å²) in [5.74, 6) is -1.47. The van der Waals surface area contributed by atoms with Crippen molar-refractivity contribution in [3.63, 3.8) is 0 Å². The first kappa shape index (κ1) is 14.0. The fraction of sp³-hybridized carbons (Fsp3) is 0. The zero-order chi connectivity index (χ0) is 14.5. The summed E-state index contributed by atoms with van der Waals surface area (Å²) in [6.07, 6.45) is 1.27. The smallest absolute Gasteiger partial charge is 0.335 e. The van der Waals surface area contributed by atoms with Gasteiger partial charge in [0.1, 0.15) is 5.82 Å². The van der Waals surface area contributed by atoms with Gasteiger partial charge in [0, 0.05) is 5.56 Å². The van der Waals surface area contributed by atoms with Crippen molar-refractivity contribution in [1.29, 1.82) is 0 Å². The van der Waals surface area contributed by atoms with Crippen LogP contribution in [0.3, 0.4) is 0 Å². The molecule has 0 aliphatic carbocycles. The van der Waals surface area contributed by atoms with E-state index in [1.165, 1.54) is 30.5 Å².